The molecule has 0 radical (unpaired) electrons. The summed E-state index contributed by atoms with van der Waals surface area (Å²) in [5.74, 6) is 1.97. The molecule has 208 valence electrons. The number of aryl methyl sites for hydroxylation is 1. The van der Waals surface area contributed by atoms with Gasteiger partial charge in [-0.25, -0.2) is 14.5 Å². The Morgan fingerprint density at radius 1 is 1.05 bits per heavy atom. The van der Waals surface area contributed by atoms with E-state index < -0.39 is 0 Å². The van der Waals surface area contributed by atoms with Crippen molar-refractivity contribution in [2.75, 3.05) is 38.2 Å². The zero-order chi connectivity index (χ0) is 27.8. The van der Waals surface area contributed by atoms with Crippen LogP contribution in [-0.2, 0) is 13.2 Å². The second-order valence-corrected chi connectivity index (χ2v) is 10.9. The van der Waals surface area contributed by atoms with E-state index in [1.807, 2.05) is 61.9 Å². The quantitative estimate of drug-likeness (QED) is 0.246. The van der Waals surface area contributed by atoms with Gasteiger partial charge in [-0.05, 0) is 36.8 Å². The number of aromatic nitrogens is 5. The lowest BCUT2D eigenvalue weighted by Crippen LogP contribution is -2.45. The number of benzene rings is 1. The summed E-state index contributed by atoms with van der Waals surface area (Å²) in [6.45, 7) is 7.10. The van der Waals surface area contributed by atoms with Gasteiger partial charge in [0.15, 0.2) is 16.5 Å². The van der Waals surface area contributed by atoms with Crippen molar-refractivity contribution in [1.29, 1.82) is 0 Å². The topological polar surface area (TPSA) is 94.1 Å². The molecule has 0 aliphatic carbocycles. The summed E-state index contributed by atoms with van der Waals surface area (Å²) in [6, 6.07) is 13.7. The van der Waals surface area contributed by atoms with Crippen LogP contribution in [0.25, 0.3) is 28.1 Å². The number of thiazole rings is 1. The van der Waals surface area contributed by atoms with E-state index in [-0.39, 0.29) is 0 Å². The molecule has 11 heteroatoms. The van der Waals surface area contributed by atoms with Crippen LogP contribution in [0.2, 0.25) is 0 Å². The Kier molecular flexibility index (Phi) is 6.73. The third-order valence-electron chi connectivity index (χ3n) is 7.20. The predicted molar refractivity (Wildman–Crippen MR) is 158 cm³/mol. The number of anilines is 1. The number of hydrogen-bond donors (Lipinski definition) is 0. The first kappa shape index (κ1) is 25.5. The molecule has 0 saturated carbocycles. The maximum absolute atomic E-state index is 6.29. The van der Waals surface area contributed by atoms with Crippen LogP contribution in [0, 0.1) is 6.92 Å². The molecule has 6 aromatic rings. The van der Waals surface area contributed by atoms with E-state index in [1.54, 1.807) is 23.0 Å². The molecule has 0 atom stereocenters. The zero-order valence-corrected chi connectivity index (χ0v) is 23.7. The Bertz CT molecular complexity index is 1810. The van der Waals surface area contributed by atoms with Gasteiger partial charge in [-0.2, -0.15) is 5.10 Å². The van der Waals surface area contributed by atoms with Crippen molar-refractivity contribution in [3.8, 4) is 23.0 Å². The van der Waals surface area contributed by atoms with Crippen LogP contribution >= 0.6 is 11.3 Å². The molecule has 0 N–H and O–H groups in total. The molecule has 41 heavy (non-hydrogen) atoms. The van der Waals surface area contributed by atoms with Crippen molar-refractivity contribution in [3.63, 3.8) is 0 Å². The summed E-state index contributed by atoms with van der Waals surface area (Å²) in [5.41, 5.74) is 5.18. The minimum absolute atomic E-state index is 0.345. The molecule has 0 unspecified atom stereocenters. The fraction of sp³-hybridized carbons (Fsp3) is 0.267. The van der Waals surface area contributed by atoms with Crippen molar-refractivity contribution in [2.24, 2.45) is 0 Å². The van der Waals surface area contributed by atoms with Gasteiger partial charge in [0.2, 0.25) is 0 Å². The van der Waals surface area contributed by atoms with Crippen molar-refractivity contribution >= 4 is 33.1 Å². The highest BCUT2D eigenvalue weighted by molar-refractivity contribution is 7.13. The smallest absolute Gasteiger partial charge is 0.185 e. The van der Waals surface area contributed by atoms with E-state index in [9.17, 15) is 0 Å². The van der Waals surface area contributed by atoms with Gasteiger partial charge in [0.05, 0.1) is 30.1 Å². The molecule has 1 fully saturated rings. The lowest BCUT2D eigenvalue weighted by Gasteiger charge is -2.34. The molecule has 0 bridgehead atoms. The number of pyridine rings is 1. The highest BCUT2D eigenvalue weighted by Gasteiger charge is 2.20. The Labute approximate surface area is 240 Å². The van der Waals surface area contributed by atoms with Crippen LogP contribution in [-0.4, -0.2) is 62.8 Å². The Morgan fingerprint density at radius 2 is 1.95 bits per heavy atom. The first-order valence-electron chi connectivity index (χ1n) is 13.5. The van der Waals surface area contributed by atoms with E-state index >= 15 is 0 Å². The number of fused-ring (bicyclic) bond motifs is 2. The Balaban J connectivity index is 1.04. The van der Waals surface area contributed by atoms with E-state index in [0.29, 0.717) is 35.1 Å². The predicted octanol–water partition coefficient (Wildman–Crippen LogP) is 5.21. The number of hydrogen-bond acceptors (Lipinski definition) is 10. The van der Waals surface area contributed by atoms with Crippen molar-refractivity contribution < 1.29 is 13.9 Å². The third kappa shape index (κ3) is 5.33. The number of imidazole rings is 1. The van der Waals surface area contributed by atoms with Crippen molar-refractivity contribution in [3.05, 3.63) is 83.4 Å². The average molecular weight is 568 g/mol. The van der Waals surface area contributed by atoms with Gasteiger partial charge in [-0.3, -0.25) is 9.88 Å². The van der Waals surface area contributed by atoms with E-state index in [1.165, 1.54) is 5.56 Å². The molecule has 1 saturated heterocycles. The molecule has 6 heterocycles. The second-order valence-electron chi connectivity index (χ2n) is 10.1. The summed E-state index contributed by atoms with van der Waals surface area (Å²) < 4.78 is 19.8. The molecule has 7 rings (SSSR count). The number of furan rings is 1. The lowest BCUT2D eigenvalue weighted by molar-refractivity contribution is 0.249. The van der Waals surface area contributed by atoms with Crippen LogP contribution in [0.15, 0.2) is 70.9 Å². The molecular formula is C30H29N7O3S. The molecule has 1 aliphatic rings. The van der Waals surface area contributed by atoms with Crippen molar-refractivity contribution in [1.82, 2.24) is 29.5 Å². The minimum atomic E-state index is 0.345. The summed E-state index contributed by atoms with van der Waals surface area (Å²) >= 11 is 1.66. The molecule has 1 aliphatic heterocycles. The lowest BCUT2D eigenvalue weighted by atomic mass is 10.2. The first-order chi connectivity index (χ1) is 20.1. The Hall–Kier alpha value is -4.48. The van der Waals surface area contributed by atoms with E-state index in [2.05, 4.69) is 36.3 Å². The largest absolute Gasteiger partial charge is 0.496 e. The summed E-state index contributed by atoms with van der Waals surface area (Å²) in [4.78, 5) is 18.6. The summed E-state index contributed by atoms with van der Waals surface area (Å²) in [5, 5.41) is 8.44. The van der Waals surface area contributed by atoms with Gasteiger partial charge in [-0.1, -0.05) is 6.07 Å². The first-order valence-corrected chi connectivity index (χ1v) is 14.4. The highest BCUT2D eigenvalue weighted by atomic mass is 32.1. The number of ether oxygens (including phenoxy) is 2. The maximum atomic E-state index is 6.29. The zero-order valence-electron chi connectivity index (χ0n) is 22.9. The van der Waals surface area contributed by atoms with Crippen LogP contribution in [0.4, 0.5) is 5.13 Å². The SMILES string of the molecule is COc1cc(OCc2csc(N3CCN(Cc4cccnc4)CC3)n2)c2cc(-c3cn4nc(C)ccc4n3)oc2c1. The Morgan fingerprint density at radius 3 is 2.78 bits per heavy atom. The van der Waals surface area contributed by atoms with Crippen LogP contribution in [0.3, 0.4) is 0 Å². The standard InChI is InChI=1S/C30H29N7O3S/c1-20-5-6-29-33-25(17-37(29)34-20)28-14-24-26(12-23(38-2)13-27(24)40-28)39-18-22-19-41-30(32-22)36-10-8-35(9-11-36)16-21-4-3-7-31-15-21/h3-7,12-15,17,19H,8-11,16,18H2,1-2H3. The van der Waals surface area contributed by atoms with Gasteiger partial charge in [-0.15, -0.1) is 11.3 Å². The summed E-state index contributed by atoms with van der Waals surface area (Å²) in [6.07, 6.45) is 5.63. The van der Waals surface area contributed by atoms with E-state index in [0.717, 1.165) is 60.3 Å². The van der Waals surface area contributed by atoms with Gasteiger partial charge in [0.1, 0.15) is 29.4 Å². The average Bonchev–Trinajstić information content (AvgIpc) is 3.75. The van der Waals surface area contributed by atoms with Crippen LogP contribution in [0.5, 0.6) is 11.5 Å². The third-order valence-corrected chi connectivity index (χ3v) is 8.15. The molecule has 0 amide bonds. The number of methoxy groups -OCH3 is 1. The second kappa shape index (κ2) is 10.8. The van der Waals surface area contributed by atoms with Crippen LogP contribution in [0.1, 0.15) is 17.0 Å². The van der Waals surface area contributed by atoms with Crippen molar-refractivity contribution in [2.45, 2.75) is 20.1 Å². The molecule has 1 aromatic carbocycles. The van der Waals surface area contributed by atoms with Gasteiger partial charge >= 0.3 is 0 Å². The van der Waals surface area contributed by atoms with Crippen LogP contribution < -0.4 is 14.4 Å². The maximum Gasteiger partial charge on any atom is 0.185 e. The number of rotatable bonds is 8. The molecular weight excluding hydrogens is 538 g/mol. The normalized spacial score (nSPS) is 14.2. The van der Waals surface area contributed by atoms with E-state index in [4.69, 9.17) is 18.9 Å². The highest BCUT2D eigenvalue weighted by Crippen LogP contribution is 2.37. The summed E-state index contributed by atoms with van der Waals surface area (Å²) in [7, 11) is 1.63. The monoisotopic (exact) mass is 567 g/mol. The fourth-order valence-electron chi connectivity index (χ4n) is 5.05. The fourth-order valence-corrected chi connectivity index (χ4v) is 5.91. The molecule has 10 nitrogen and oxygen atoms in total. The molecule has 0 spiro atoms. The number of piperazine rings is 1. The van der Waals surface area contributed by atoms with Gasteiger partial charge in [0, 0.05) is 62.6 Å². The number of nitrogens with zero attached hydrogens (tertiary/aromatic N) is 7. The minimum Gasteiger partial charge on any atom is -0.496 e. The van der Waals surface area contributed by atoms with Gasteiger partial charge < -0.3 is 18.8 Å². The molecule has 5 aromatic heterocycles. The van der Waals surface area contributed by atoms with Gasteiger partial charge in [0.25, 0.3) is 0 Å².